The lowest BCUT2D eigenvalue weighted by Crippen LogP contribution is -2.30. The molecule has 3 aromatic rings. The molecule has 0 saturated carbocycles. The van der Waals surface area contributed by atoms with Gasteiger partial charge in [-0.2, -0.15) is 0 Å². The fourth-order valence-corrected chi connectivity index (χ4v) is 3.79. The number of likely N-dealkylation sites (N-methyl/N-ethyl adjacent to an activating group) is 1. The van der Waals surface area contributed by atoms with Crippen LogP contribution in [-0.2, 0) is 17.8 Å². The average molecular weight is 399 g/mol. The lowest BCUT2D eigenvalue weighted by molar-refractivity contribution is -0.116. The van der Waals surface area contributed by atoms with E-state index in [0.29, 0.717) is 24.3 Å². The molecule has 0 fully saturated rings. The van der Waals surface area contributed by atoms with E-state index in [4.69, 9.17) is 0 Å². The Balaban J connectivity index is 1.60. The van der Waals surface area contributed by atoms with Crippen molar-refractivity contribution in [3.05, 3.63) is 95.1 Å². The minimum atomic E-state index is -0.0860. The number of rotatable bonds is 4. The number of para-hydroxylation sites is 1. The molecule has 0 aliphatic carbocycles. The maximum Gasteiger partial charge on any atom is 0.258 e. The summed E-state index contributed by atoms with van der Waals surface area (Å²) in [7, 11) is 3.69. The van der Waals surface area contributed by atoms with E-state index in [9.17, 15) is 9.59 Å². The molecule has 30 heavy (non-hydrogen) atoms. The number of carbonyl (C=O) groups is 2. The molecule has 3 aromatic carbocycles. The minimum Gasteiger partial charge on any atom is -0.325 e. The van der Waals surface area contributed by atoms with Crippen molar-refractivity contribution >= 4 is 23.2 Å². The van der Waals surface area contributed by atoms with Crippen LogP contribution in [0.15, 0.2) is 72.8 Å². The van der Waals surface area contributed by atoms with E-state index in [1.807, 2.05) is 54.2 Å². The van der Waals surface area contributed by atoms with Gasteiger partial charge in [-0.3, -0.25) is 9.59 Å². The third-order valence-electron chi connectivity index (χ3n) is 5.23. The molecule has 0 saturated heterocycles. The number of carbonyl (C=O) groups excluding carboxylic acids is 2. The van der Waals surface area contributed by atoms with Crippen LogP contribution >= 0.6 is 0 Å². The second-order valence-electron chi connectivity index (χ2n) is 7.83. The lowest BCUT2D eigenvalue weighted by Gasteiger charge is -2.23. The number of benzene rings is 3. The molecular formula is C25H25N3O2. The standard InChI is InChI=1S/C25H25N3O2/c1-27(2)17-24(29)26-22-13-11-18(12-14-22)25(30)28-16-21-9-4-3-7-19(21)15-20-8-5-6-10-23(20)28/h3-14H,15-17H2,1-2H3,(H,26,29). The molecule has 1 heterocycles. The summed E-state index contributed by atoms with van der Waals surface area (Å²) in [6, 6.07) is 23.5. The second kappa shape index (κ2) is 8.51. The molecule has 0 atom stereocenters. The fraction of sp³-hybridized carbons (Fsp3) is 0.200. The summed E-state index contributed by atoms with van der Waals surface area (Å²) in [5.41, 5.74) is 5.77. The van der Waals surface area contributed by atoms with Crippen LogP contribution in [0.25, 0.3) is 0 Å². The van der Waals surface area contributed by atoms with Crippen molar-refractivity contribution < 1.29 is 9.59 Å². The largest absolute Gasteiger partial charge is 0.325 e. The van der Waals surface area contributed by atoms with Gasteiger partial charge in [0.2, 0.25) is 5.91 Å². The van der Waals surface area contributed by atoms with E-state index in [2.05, 4.69) is 23.5 Å². The van der Waals surface area contributed by atoms with Gasteiger partial charge >= 0.3 is 0 Å². The van der Waals surface area contributed by atoms with Gasteiger partial charge in [0.15, 0.2) is 0 Å². The molecule has 0 aromatic heterocycles. The molecule has 152 valence electrons. The molecule has 1 aliphatic rings. The first kappa shape index (κ1) is 19.9. The van der Waals surface area contributed by atoms with E-state index in [1.54, 1.807) is 24.3 Å². The van der Waals surface area contributed by atoms with Crippen LogP contribution < -0.4 is 10.2 Å². The number of nitrogens with zero attached hydrogens (tertiary/aromatic N) is 2. The molecular weight excluding hydrogens is 374 g/mol. The van der Waals surface area contributed by atoms with Crippen molar-refractivity contribution in [1.82, 2.24) is 4.90 Å². The maximum absolute atomic E-state index is 13.4. The summed E-state index contributed by atoms with van der Waals surface area (Å²) in [5, 5.41) is 2.85. The summed E-state index contributed by atoms with van der Waals surface area (Å²) >= 11 is 0. The van der Waals surface area contributed by atoms with E-state index >= 15 is 0 Å². The first-order valence-corrected chi connectivity index (χ1v) is 10.0. The van der Waals surface area contributed by atoms with E-state index in [0.717, 1.165) is 23.2 Å². The van der Waals surface area contributed by atoms with Crippen molar-refractivity contribution in [3.8, 4) is 0 Å². The molecule has 0 bridgehead atoms. The first-order chi connectivity index (χ1) is 14.5. The quantitative estimate of drug-likeness (QED) is 0.723. The van der Waals surface area contributed by atoms with Gasteiger partial charge in [0.25, 0.3) is 5.91 Å². The Morgan fingerprint density at radius 3 is 2.20 bits per heavy atom. The highest BCUT2D eigenvalue weighted by atomic mass is 16.2. The third kappa shape index (κ3) is 4.26. The van der Waals surface area contributed by atoms with E-state index in [-0.39, 0.29) is 11.8 Å². The predicted molar refractivity (Wildman–Crippen MR) is 120 cm³/mol. The molecule has 0 radical (unpaired) electrons. The maximum atomic E-state index is 13.4. The minimum absolute atomic E-state index is 0.0506. The summed E-state index contributed by atoms with van der Waals surface area (Å²) in [6.45, 7) is 0.845. The molecule has 1 aliphatic heterocycles. The molecule has 2 amide bonds. The van der Waals surface area contributed by atoms with Crippen LogP contribution in [0.4, 0.5) is 11.4 Å². The fourth-order valence-electron chi connectivity index (χ4n) is 3.79. The van der Waals surface area contributed by atoms with Gasteiger partial charge in [0.1, 0.15) is 0 Å². The second-order valence-corrected chi connectivity index (χ2v) is 7.83. The number of anilines is 2. The summed E-state index contributed by atoms with van der Waals surface area (Å²) in [6.07, 6.45) is 0.812. The topological polar surface area (TPSA) is 52.7 Å². The number of amides is 2. The Kier molecular flexibility index (Phi) is 5.63. The van der Waals surface area contributed by atoms with Gasteiger partial charge < -0.3 is 15.1 Å². The van der Waals surface area contributed by atoms with Crippen LogP contribution in [0.5, 0.6) is 0 Å². The lowest BCUT2D eigenvalue weighted by atomic mass is 10.0. The normalized spacial score (nSPS) is 12.7. The van der Waals surface area contributed by atoms with Gasteiger partial charge in [0, 0.05) is 16.9 Å². The number of nitrogens with one attached hydrogen (secondary N) is 1. The number of hydrogen-bond donors (Lipinski definition) is 1. The van der Waals surface area contributed by atoms with E-state index < -0.39 is 0 Å². The van der Waals surface area contributed by atoms with Crippen LogP contribution in [0.1, 0.15) is 27.0 Å². The molecule has 4 rings (SSSR count). The van der Waals surface area contributed by atoms with Gasteiger partial charge in [0.05, 0.1) is 13.1 Å². The monoisotopic (exact) mass is 399 g/mol. The van der Waals surface area contributed by atoms with Gasteiger partial charge in [-0.25, -0.2) is 0 Å². The smallest absolute Gasteiger partial charge is 0.258 e. The zero-order valence-corrected chi connectivity index (χ0v) is 17.3. The van der Waals surface area contributed by atoms with Gasteiger partial charge in [-0.1, -0.05) is 42.5 Å². The molecule has 1 N–H and O–H groups in total. The predicted octanol–water partition coefficient (Wildman–Crippen LogP) is 3.94. The Morgan fingerprint density at radius 2 is 1.50 bits per heavy atom. The number of hydrogen-bond acceptors (Lipinski definition) is 3. The first-order valence-electron chi connectivity index (χ1n) is 10.0. The zero-order chi connectivity index (χ0) is 21.1. The highest BCUT2D eigenvalue weighted by Gasteiger charge is 2.24. The van der Waals surface area contributed by atoms with Crippen molar-refractivity contribution in [2.45, 2.75) is 13.0 Å². The van der Waals surface area contributed by atoms with Crippen molar-refractivity contribution in [2.75, 3.05) is 30.9 Å². The average Bonchev–Trinajstić information content (AvgIpc) is 2.90. The Hall–Kier alpha value is -3.44. The van der Waals surface area contributed by atoms with Gasteiger partial charge in [-0.15, -0.1) is 0 Å². The SMILES string of the molecule is CN(C)CC(=O)Nc1ccc(C(=O)N2Cc3ccccc3Cc3ccccc32)cc1. The Labute approximate surface area is 176 Å². The molecule has 5 nitrogen and oxygen atoms in total. The summed E-state index contributed by atoms with van der Waals surface area (Å²) < 4.78 is 0. The van der Waals surface area contributed by atoms with Crippen molar-refractivity contribution in [1.29, 1.82) is 0 Å². The molecule has 0 spiro atoms. The Bertz CT molecular complexity index is 1070. The summed E-state index contributed by atoms with van der Waals surface area (Å²) in [4.78, 5) is 29.0. The number of fused-ring (bicyclic) bond motifs is 2. The van der Waals surface area contributed by atoms with E-state index in [1.165, 1.54) is 5.56 Å². The summed E-state index contributed by atoms with van der Waals surface area (Å²) in [5.74, 6) is -0.137. The van der Waals surface area contributed by atoms with Crippen LogP contribution in [0.2, 0.25) is 0 Å². The van der Waals surface area contributed by atoms with Crippen LogP contribution in [0, 0.1) is 0 Å². The molecule has 5 heteroatoms. The van der Waals surface area contributed by atoms with Crippen molar-refractivity contribution in [3.63, 3.8) is 0 Å². The van der Waals surface area contributed by atoms with Crippen molar-refractivity contribution in [2.24, 2.45) is 0 Å². The molecule has 0 unspecified atom stereocenters. The zero-order valence-electron chi connectivity index (χ0n) is 17.3. The third-order valence-corrected chi connectivity index (χ3v) is 5.23. The highest BCUT2D eigenvalue weighted by molar-refractivity contribution is 6.07. The van der Waals surface area contributed by atoms with Crippen LogP contribution in [0.3, 0.4) is 0 Å². The van der Waals surface area contributed by atoms with Crippen LogP contribution in [-0.4, -0.2) is 37.4 Å². The Morgan fingerprint density at radius 1 is 0.867 bits per heavy atom. The highest BCUT2D eigenvalue weighted by Crippen LogP contribution is 2.31. The van der Waals surface area contributed by atoms with Gasteiger partial charge in [-0.05, 0) is 67.5 Å².